The van der Waals surface area contributed by atoms with E-state index in [0.717, 1.165) is 38.0 Å². The molecule has 14 nitrogen and oxygen atoms in total. The number of nitrogens with zero attached hydrogens (tertiary/aromatic N) is 4. The van der Waals surface area contributed by atoms with Gasteiger partial charge in [-0.2, -0.15) is 0 Å². The van der Waals surface area contributed by atoms with E-state index in [4.69, 9.17) is 15.9 Å². The molecule has 0 spiro atoms. The summed E-state index contributed by atoms with van der Waals surface area (Å²) in [6, 6.07) is -1.86. The second-order valence-electron chi connectivity index (χ2n) is 7.34. The van der Waals surface area contributed by atoms with Crippen LogP contribution in [0.5, 0.6) is 0 Å². The van der Waals surface area contributed by atoms with Crippen molar-refractivity contribution in [1.29, 1.82) is 5.41 Å². The van der Waals surface area contributed by atoms with Crippen LogP contribution in [0.15, 0.2) is 16.7 Å². The second kappa shape index (κ2) is 8.94. The van der Waals surface area contributed by atoms with Gasteiger partial charge in [0.05, 0.1) is 6.54 Å². The van der Waals surface area contributed by atoms with Gasteiger partial charge in [0, 0.05) is 30.2 Å². The van der Waals surface area contributed by atoms with Crippen molar-refractivity contribution < 1.29 is 33.8 Å². The van der Waals surface area contributed by atoms with E-state index in [1.807, 2.05) is 0 Å². The number of anilines is 1. The fourth-order valence-corrected chi connectivity index (χ4v) is 5.65. The highest BCUT2D eigenvalue weighted by Gasteiger charge is 2.59. The third-order valence-corrected chi connectivity index (χ3v) is 7.23. The first-order valence-corrected chi connectivity index (χ1v) is 11.8. The summed E-state index contributed by atoms with van der Waals surface area (Å²) in [5.74, 6) is -3.56. The lowest BCUT2D eigenvalue weighted by Gasteiger charge is -2.53. The third-order valence-electron chi connectivity index (χ3n) is 5.23. The van der Waals surface area contributed by atoms with Gasteiger partial charge in [-0.25, -0.2) is 24.6 Å². The lowest BCUT2D eigenvalue weighted by molar-refractivity contribution is -0.169. The van der Waals surface area contributed by atoms with Crippen LogP contribution in [-0.4, -0.2) is 97.4 Å². The molecule has 0 bridgehead atoms. The molecule has 2 fully saturated rings. The Hall–Kier alpha value is -3.66. The number of esters is 1. The number of hydrazine groups is 1. The number of amides is 4. The van der Waals surface area contributed by atoms with Crippen LogP contribution in [0.2, 0.25) is 0 Å². The fourth-order valence-electron chi connectivity index (χ4n) is 3.73. The van der Waals surface area contributed by atoms with Gasteiger partial charge < -0.3 is 20.9 Å². The number of rotatable bonds is 7. The van der Waals surface area contributed by atoms with Gasteiger partial charge in [0.2, 0.25) is 0 Å². The highest BCUT2D eigenvalue weighted by molar-refractivity contribution is 8.00. The highest BCUT2D eigenvalue weighted by Crippen LogP contribution is 2.43. The third kappa shape index (κ3) is 3.94. The van der Waals surface area contributed by atoms with Crippen LogP contribution < -0.4 is 11.1 Å². The zero-order chi connectivity index (χ0) is 24.7. The number of fused-ring (bicyclic) bond motifs is 1. The van der Waals surface area contributed by atoms with E-state index in [-0.39, 0.29) is 47.5 Å². The van der Waals surface area contributed by atoms with E-state index < -0.39 is 46.9 Å². The minimum absolute atomic E-state index is 0.00757. The van der Waals surface area contributed by atoms with Crippen LogP contribution in [0.4, 0.5) is 9.93 Å². The van der Waals surface area contributed by atoms with Crippen LogP contribution >= 0.6 is 23.1 Å². The number of carboxylic acids is 1. The molecular weight excluding hydrogens is 490 g/mol. The first-order chi connectivity index (χ1) is 16.1. The molecule has 1 aromatic rings. The zero-order valence-corrected chi connectivity index (χ0v) is 19.3. The number of aromatic nitrogens is 1. The predicted molar refractivity (Wildman–Crippen MR) is 118 cm³/mol. The Balaban J connectivity index is 1.66. The Morgan fingerprint density at radius 1 is 1.41 bits per heavy atom. The molecule has 5 N–H and O–H groups in total. The number of nitrogen functional groups attached to an aromatic ring is 1. The van der Waals surface area contributed by atoms with Gasteiger partial charge in [-0.3, -0.25) is 24.7 Å². The first-order valence-electron chi connectivity index (χ1n) is 9.84. The quantitative estimate of drug-likeness (QED) is 0.202. The van der Waals surface area contributed by atoms with Crippen molar-refractivity contribution >= 4 is 63.7 Å². The minimum Gasteiger partial charge on any atom is -0.477 e. The van der Waals surface area contributed by atoms with Gasteiger partial charge >= 0.3 is 18.0 Å². The molecule has 0 aromatic carbocycles. The number of hydrogen-bond acceptors (Lipinski definition) is 11. The normalized spacial score (nSPS) is 21.6. The number of hydrogen-bond donors (Lipinski definition) is 4. The SMILES string of the molecule is CC(=O)OCC1=C(C(=O)O)N2C(=O)C(N(C(=O)C(=N)c3csc(N)n3)N3CCNC3=O)[C@H]2SC1. The van der Waals surface area contributed by atoms with E-state index in [0.29, 0.717) is 0 Å². The topological polar surface area (TPSA) is 199 Å². The molecule has 1 unspecified atom stereocenters. The standard InChI is InChI=1S/C18H19N7O7S2/c1-7(26)32-4-8-5-33-15-12(14(28)24(15)11(8)16(29)30)25(23-3-2-21-18(23)31)13(27)10(19)9-6-34-17(20)22-9/h6,12,15,19H,2-5H2,1H3,(H2,20,22)(H,21,31)(H,29,30)/t12?,15-/m1/s1. The molecule has 4 amide bonds. The highest BCUT2D eigenvalue weighted by atomic mass is 32.2. The van der Waals surface area contributed by atoms with Crippen molar-refractivity contribution in [3.8, 4) is 0 Å². The summed E-state index contributed by atoms with van der Waals surface area (Å²) in [5.41, 5.74) is 4.93. The molecule has 2 saturated heterocycles. The van der Waals surface area contributed by atoms with Crippen LogP contribution in [0.25, 0.3) is 0 Å². The second-order valence-corrected chi connectivity index (χ2v) is 9.34. The Morgan fingerprint density at radius 3 is 2.71 bits per heavy atom. The summed E-state index contributed by atoms with van der Waals surface area (Å²) < 4.78 is 4.91. The van der Waals surface area contributed by atoms with Gasteiger partial charge in [-0.15, -0.1) is 23.1 Å². The van der Waals surface area contributed by atoms with Crippen LogP contribution in [0, 0.1) is 5.41 Å². The molecule has 16 heteroatoms. The Bertz CT molecular complexity index is 1150. The predicted octanol–water partition coefficient (Wildman–Crippen LogP) is -0.953. The number of carbonyl (C=O) groups excluding carboxylic acids is 4. The molecule has 0 radical (unpaired) electrons. The molecule has 3 aliphatic heterocycles. The maximum atomic E-state index is 13.3. The number of nitrogens with one attached hydrogen (secondary N) is 2. The van der Waals surface area contributed by atoms with E-state index in [9.17, 15) is 29.1 Å². The number of thioether (sulfide) groups is 1. The summed E-state index contributed by atoms with van der Waals surface area (Å²) in [6.07, 6.45) is 0. The van der Waals surface area contributed by atoms with Crippen LogP contribution in [-0.2, 0) is 23.9 Å². The van der Waals surface area contributed by atoms with Gasteiger partial charge in [-0.1, -0.05) is 0 Å². The van der Waals surface area contributed by atoms with Gasteiger partial charge in [0.15, 0.2) is 11.2 Å². The molecule has 180 valence electrons. The Morgan fingerprint density at radius 2 is 2.15 bits per heavy atom. The van der Waals surface area contributed by atoms with E-state index in [2.05, 4.69) is 10.3 Å². The van der Waals surface area contributed by atoms with Gasteiger partial charge in [0.25, 0.3) is 11.8 Å². The largest absolute Gasteiger partial charge is 0.477 e. The number of ether oxygens (including phenoxy) is 1. The van der Waals surface area contributed by atoms with Crippen molar-refractivity contribution in [2.45, 2.75) is 18.3 Å². The Labute approximate surface area is 200 Å². The molecule has 4 rings (SSSR count). The lowest BCUT2D eigenvalue weighted by atomic mass is 10.0. The Kier molecular flexibility index (Phi) is 6.18. The van der Waals surface area contributed by atoms with Gasteiger partial charge in [0.1, 0.15) is 29.1 Å². The van der Waals surface area contributed by atoms with E-state index >= 15 is 0 Å². The summed E-state index contributed by atoms with van der Waals surface area (Å²) in [4.78, 5) is 67.0. The van der Waals surface area contributed by atoms with Crippen LogP contribution in [0.1, 0.15) is 12.6 Å². The monoisotopic (exact) mass is 509 g/mol. The molecule has 0 saturated carbocycles. The first kappa shape index (κ1) is 23.5. The molecule has 0 aliphatic carbocycles. The number of thiazole rings is 1. The van der Waals surface area contributed by atoms with Crippen LogP contribution in [0.3, 0.4) is 0 Å². The van der Waals surface area contributed by atoms with Crippen molar-refractivity contribution in [3.63, 3.8) is 0 Å². The molecule has 4 heterocycles. The van der Waals surface area contributed by atoms with E-state index in [1.165, 1.54) is 12.3 Å². The van der Waals surface area contributed by atoms with Crippen molar-refractivity contribution in [2.75, 3.05) is 31.2 Å². The number of aliphatic carboxylic acids is 1. The zero-order valence-electron chi connectivity index (χ0n) is 17.6. The number of nitrogens with two attached hydrogens (primary N) is 1. The number of β-lactam (4-membered cyclic amide) rings is 1. The molecular formula is C18H19N7O7S2. The van der Waals surface area contributed by atoms with Gasteiger partial charge in [-0.05, 0) is 0 Å². The molecule has 1 aromatic heterocycles. The number of carbonyl (C=O) groups is 5. The van der Waals surface area contributed by atoms with Crippen molar-refractivity contribution in [1.82, 2.24) is 25.2 Å². The van der Waals surface area contributed by atoms with Crippen molar-refractivity contribution in [2.24, 2.45) is 0 Å². The van der Waals surface area contributed by atoms with E-state index in [1.54, 1.807) is 0 Å². The number of urea groups is 1. The average Bonchev–Trinajstić information content (AvgIpc) is 3.41. The average molecular weight is 510 g/mol. The smallest absolute Gasteiger partial charge is 0.352 e. The summed E-state index contributed by atoms with van der Waals surface area (Å²) >= 11 is 2.19. The maximum Gasteiger partial charge on any atom is 0.352 e. The fraction of sp³-hybridized carbons (Fsp3) is 0.389. The summed E-state index contributed by atoms with van der Waals surface area (Å²) in [6.45, 7) is 1.17. The molecule has 34 heavy (non-hydrogen) atoms. The molecule has 2 atom stereocenters. The summed E-state index contributed by atoms with van der Waals surface area (Å²) in [5, 5.41) is 23.2. The maximum absolute atomic E-state index is 13.3. The molecule has 3 aliphatic rings. The van der Waals surface area contributed by atoms with Crippen molar-refractivity contribution in [3.05, 3.63) is 22.3 Å². The minimum atomic E-state index is -1.39. The number of carboxylic acid groups (broad SMARTS) is 1. The summed E-state index contributed by atoms with van der Waals surface area (Å²) in [7, 11) is 0. The lowest BCUT2D eigenvalue weighted by Crippen LogP contribution is -2.74.